The molecule has 0 bridgehead atoms. The third-order valence-corrected chi connectivity index (χ3v) is 5.54. The minimum Gasteiger partial charge on any atom is -0.355 e. The molecule has 0 radical (unpaired) electrons. The van der Waals surface area contributed by atoms with E-state index in [9.17, 15) is 13.2 Å². The Kier molecular flexibility index (Phi) is 4.94. The van der Waals surface area contributed by atoms with Crippen molar-refractivity contribution in [1.29, 1.82) is 0 Å². The lowest BCUT2D eigenvalue weighted by Gasteiger charge is -2.16. The average Bonchev–Trinajstić information content (AvgIpc) is 2.54. The van der Waals surface area contributed by atoms with E-state index in [1.54, 1.807) is 0 Å². The van der Waals surface area contributed by atoms with Gasteiger partial charge in [-0.1, -0.05) is 13.8 Å². The molecule has 2 atom stereocenters. The number of hydrogen-bond acceptors (Lipinski definition) is 4. The summed E-state index contributed by atoms with van der Waals surface area (Å²) >= 11 is 0. The lowest BCUT2D eigenvalue weighted by molar-refractivity contribution is -0.121. The average molecular weight is 262 g/mol. The molecule has 1 aliphatic rings. The van der Waals surface area contributed by atoms with Crippen molar-refractivity contribution in [3.05, 3.63) is 0 Å². The largest absolute Gasteiger partial charge is 0.355 e. The van der Waals surface area contributed by atoms with Crippen LogP contribution < -0.4 is 11.1 Å². The number of carbonyl (C=O) groups excluding carboxylic acids is 1. The van der Waals surface area contributed by atoms with E-state index in [2.05, 4.69) is 5.32 Å². The lowest BCUT2D eigenvalue weighted by Crippen LogP contribution is -2.39. The molecule has 0 saturated carbocycles. The van der Waals surface area contributed by atoms with Crippen LogP contribution in [0.2, 0.25) is 0 Å². The first-order valence-corrected chi connectivity index (χ1v) is 7.78. The van der Waals surface area contributed by atoms with Crippen LogP contribution in [0, 0.1) is 5.92 Å². The van der Waals surface area contributed by atoms with Crippen LogP contribution in [0.4, 0.5) is 0 Å². The van der Waals surface area contributed by atoms with Gasteiger partial charge in [0.25, 0.3) is 0 Å². The van der Waals surface area contributed by atoms with Gasteiger partial charge in [-0.3, -0.25) is 4.79 Å². The zero-order chi connectivity index (χ0) is 13.1. The number of carbonyl (C=O) groups is 1. The normalized spacial score (nSPS) is 24.8. The number of nitrogens with two attached hydrogens (primary N) is 1. The van der Waals surface area contributed by atoms with Crippen LogP contribution in [0.25, 0.3) is 0 Å². The fraction of sp³-hybridized carbons (Fsp3) is 0.909. The van der Waals surface area contributed by atoms with Crippen LogP contribution in [0.3, 0.4) is 0 Å². The van der Waals surface area contributed by atoms with Gasteiger partial charge in [-0.25, -0.2) is 8.42 Å². The van der Waals surface area contributed by atoms with E-state index < -0.39 is 15.1 Å². The molecular weight excluding hydrogens is 240 g/mol. The summed E-state index contributed by atoms with van der Waals surface area (Å²) in [5.41, 5.74) is 5.78. The zero-order valence-corrected chi connectivity index (χ0v) is 11.3. The first-order valence-electron chi connectivity index (χ1n) is 6.07. The Morgan fingerprint density at radius 1 is 1.47 bits per heavy atom. The van der Waals surface area contributed by atoms with Gasteiger partial charge in [0.15, 0.2) is 9.84 Å². The molecule has 3 N–H and O–H groups in total. The molecule has 0 spiro atoms. The molecule has 1 amide bonds. The first kappa shape index (κ1) is 14.4. The highest BCUT2D eigenvalue weighted by molar-refractivity contribution is 7.92. The van der Waals surface area contributed by atoms with Crippen molar-refractivity contribution in [2.24, 2.45) is 11.7 Å². The standard InChI is InChI=1S/C11H22N2O3S/c1-8(2)10(12)6-11(14)13-7-9-4-3-5-17(9,15)16/h8-10H,3-7,12H2,1-2H3,(H,13,14). The summed E-state index contributed by atoms with van der Waals surface area (Å²) in [6.07, 6.45) is 1.61. The molecule has 0 aromatic heterocycles. The maximum Gasteiger partial charge on any atom is 0.221 e. The molecule has 0 aliphatic carbocycles. The second kappa shape index (κ2) is 5.82. The molecule has 1 fully saturated rings. The minimum atomic E-state index is -2.97. The first-order chi connectivity index (χ1) is 7.83. The molecule has 1 heterocycles. The van der Waals surface area contributed by atoms with E-state index in [0.717, 1.165) is 0 Å². The van der Waals surface area contributed by atoms with Crippen molar-refractivity contribution >= 4 is 15.7 Å². The molecule has 100 valence electrons. The summed E-state index contributed by atoms with van der Waals surface area (Å²) in [5.74, 6) is 0.336. The fourth-order valence-corrected chi connectivity index (χ4v) is 3.60. The predicted molar refractivity (Wildman–Crippen MR) is 67.2 cm³/mol. The lowest BCUT2D eigenvalue weighted by atomic mass is 10.0. The fourth-order valence-electron chi connectivity index (χ4n) is 1.84. The summed E-state index contributed by atoms with van der Waals surface area (Å²) in [4.78, 5) is 11.5. The van der Waals surface area contributed by atoms with Gasteiger partial charge in [0.2, 0.25) is 5.91 Å². The van der Waals surface area contributed by atoms with Crippen molar-refractivity contribution < 1.29 is 13.2 Å². The van der Waals surface area contributed by atoms with Gasteiger partial charge in [-0.15, -0.1) is 0 Å². The number of rotatable bonds is 5. The maximum atomic E-state index is 11.5. The summed E-state index contributed by atoms with van der Waals surface area (Å²) in [6.45, 7) is 4.14. The molecule has 5 nitrogen and oxygen atoms in total. The smallest absolute Gasteiger partial charge is 0.221 e. The van der Waals surface area contributed by atoms with Crippen molar-refractivity contribution in [2.45, 2.75) is 44.4 Å². The van der Waals surface area contributed by atoms with Crippen LogP contribution in [-0.4, -0.2) is 37.9 Å². The third-order valence-electron chi connectivity index (χ3n) is 3.27. The Balaban J connectivity index is 2.34. The van der Waals surface area contributed by atoms with Gasteiger partial charge in [-0.05, 0) is 18.8 Å². The maximum absolute atomic E-state index is 11.5. The highest BCUT2D eigenvalue weighted by Gasteiger charge is 2.31. The van der Waals surface area contributed by atoms with Gasteiger partial charge in [0.05, 0.1) is 11.0 Å². The van der Waals surface area contributed by atoms with Crippen molar-refractivity contribution in [3.8, 4) is 0 Å². The highest BCUT2D eigenvalue weighted by atomic mass is 32.2. The van der Waals surface area contributed by atoms with Crippen LogP contribution in [-0.2, 0) is 14.6 Å². The van der Waals surface area contributed by atoms with Gasteiger partial charge in [0.1, 0.15) is 0 Å². The van der Waals surface area contributed by atoms with Crippen molar-refractivity contribution in [2.75, 3.05) is 12.3 Å². The van der Waals surface area contributed by atoms with E-state index in [1.807, 2.05) is 13.8 Å². The molecule has 1 saturated heterocycles. The monoisotopic (exact) mass is 262 g/mol. The molecule has 0 aromatic carbocycles. The van der Waals surface area contributed by atoms with E-state index >= 15 is 0 Å². The Morgan fingerprint density at radius 2 is 2.12 bits per heavy atom. The molecule has 17 heavy (non-hydrogen) atoms. The van der Waals surface area contributed by atoms with Gasteiger partial charge >= 0.3 is 0 Å². The number of hydrogen-bond donors (Lipinski definition) is 2. The van der Waals surface area contributed by atoms with Crippen LogP contribution >= 0.6 is 0 Å². The Hall–Kier alpha value is -0.620. The molecule has 2 unspecified atom stereocenters. The summed E-state index contributed by atoms with van der Waals surface area (Å²) < 4.78 is 23.1. The Labute approximate surface area is 103 Å². The molecule has 1 aliphatic heterocycles. The topological polar surface area (TPSA) is 89.3 Å². The number of sulfone groups is 1. The van der Waals surface area contributed by atoms with E-state index in [1.165, 1.54) is 0 Å². The molecule has 1 rings (SSSR count). The van der Waals surface area contributed by atoms with Crippen LogP contribution in [0.1, 0.15) is 33.1 Å². The summed E-state index contributed by atoms with van der Waals surface area (Å²) in [5, 5.41) is 2.27. The SMILES string of the molecule is CC(C)C(N)CC(=O)NCC1CCCS1(=O)=O. The van der Waals surface area contributed by atoms with Gasteiger partial charge in [-0.2, -0.15) is 0 Å². The minimum absolute atomic E-state index is 0.159. The van der Waals surface area contributed by atoms with Crippen molar-refractivity contribution in [1.82, 2.24) is 5.32 Å². The summed E-state index contributed by atoms with van der Waals surface area (Å²) in [6, 6.07) is -0.171. The van der Waals surface area contributed by atoms with Crippen molar-refractivity contribution in [3.63, 3.8) is 0 Å². The second-order valence-corrected chi connectivity index (χ2v) is 7.45. The predicted octanol–water partition coefficient (Wildman–Crippen LogP) is 0.0532. The van der Waals surface area contributed by atoms with E-state index in [4.69, 9.17) is 5.73 Å². The van der Waals surface area contributed by atoms with Crippen LogP contribution in [0.15, 0.2) is 0 Å². The Morgan fingerprint density at radius 3 is 2.59 bits per heavy atom. The molecule has 6 heteroatoms. The van der Waals surface area contributed by atoms with E-state index in [0.29, 0.717) is 12.8 Å². The zero-order valence-electron chi connectivity index (χ0n) is 10.5. The Bertz CT molecular complexity index is 365. The number of nitrogens with one attached hydrogen (secondary N) is 1. The second-order valence-electron chi connectivity index (χ2n) is 5.05. The number of amides is 1. The van der Waals surface area contributed by atoms with Gasteiger partial charge in [0, 0.05) is 19.0 Å². The molecule has 0 aromatic rings. The molecular formula is C11H22N2O3S. The summed E-state index contributed by atoms with van der Waals surface area (Å²) in [7, 11) is -2.97. The third kappa shape index (κ3) is 4.27. The highest BCUT2D eigenvalue weighted by Crippen LogP contribution is 2.19. The quantitative estimate of drug-likeness (QED) is 0.733. The van der Waals surface area contributed by atoms with Gasteiger partial charge < -0.3 is 11.1 Å². The van der Waals surface area contributed by atoms with Crippen LogP contribution in [0.5, 0.6) is 0 Å². The van der Waals surface area contributed by atoms with E-state index in [-0.39, 0.29) is 36.6 Å².